The van der Waals surface area contributed by atoms with Gasteiger partial charge in [-0.1, -0.05) is 68.5 Å². The molecule has 0 unspecified atom stereocenters. The van der Waals surface area contributed by atoms with Crippen molar-refractivity contribution in [2.24, 2.45) is 17.8 Å². The van der Waals surface area contributed by atoms with E-state index in [4.69, 9.17) is 4.65 Å². The fraction of sp³-hybridized carbons (Fsp3) is 0.600. The van der Waals surface area contributed by atoms with E-state index < -0.39 is 7.12 Å². The van der Waals surface area contributed by atoms with Gasteiger partial charge in [-0.25, -0.2) is 0 Å². The maximum absolute atomic E-state index is 13.8. The average molecular weight is 505 g/mol. The van der Waals surface area contributed by atoms with E-state index in [1.165, 1.54) is 23.1 Å². The molecule has 7 heteroatoms. The van der Waals surface area contributed by atoms with E-state index in [-0.39, 0.29) is 47.5 Å². The highest BCUT2D eigenvalue weighted by Gasteiger charge is 2.58. The lowest BCUT2D eigenvalue weighted by molar-refractivity contribution is -0.143. The molecule has 0 bridgehead atoms. The summed E-state index contributed by atoms with van der Waals surface area (Å²) in [5.41, 5.74) is 4.40. The van der Waals surface area contributed by atoms with Gasteiger partial charge in [0.05, 0.1) is 17.9 Å². The van der Waals surface area contributed by atoms with Crippen LogP contribution in [0.25, 0.3) is 6.08 Å². The van der Waals surface area contributed by atoms with E-state index in [0.717, 1.165) is 50.5 Å². The molecule has 2 heterocycles. The number of phenols is 1. The van der Waals surface area contributed by atoms with Crippen molar-refractivity contribution in [3.8, 4) is 5.75 Å². The number of carbonyl (C=O) groups is 2. The van der Waals surface area contributed by atoms with Crippen LogP contribution in [0.2, 0.25) is 6.32 Å². The van der Waals surface area contributed by atoms with Crippen LogP contribution in [0.4, 0.5) is 0 Å². The number of imide groups is 1. The van der Waals surface area contributed by atoms with E-state index in [9.17, 15) is 19.7 Å². The molecule has 2 amide bonds. The Bertz CT molecular complexity index is 1090. The van der Waals surface area contributed by atoms with Gasteiger partial charge in [-0.15, -0.1) is 0 Å². The third-order valence-electron chi connectivity index (χ3n) is 9.19. The smallest absolute Gasteiger partial charge is 0.455 e. The largest absolute Gasteiger partial charge is 0.507 e. The Labute approximate surface area is 220 Å². The second-order valence-electron chi connectivity index (χ2n) is 11.3. The molecule has 37 heavy (non-hydrogen) atoms. The van der Waals surface area contributed by atoms with E-state index in [2.05, 4.69) is 13.8 Å². The van der Waals surface area contributed by atoms with Gasteiger partial charge in [0.2, 0.25) is 11.8 Å². The number of phenolic OH excluding ortho intramolecular Hbond substituents is 1. The Balaban J connectivity index is 1.39. The van der Waals surface area contributed by atoms with E-state index in [0.29, 0.717) is 19.2 Å². The Kier molecular flexibility index (Phi) is 7.92. The minimum atomic E-state index is -0.936. The van der Waals surface area contributed by atoms with Gasteiger partial charge >= 0.3 is 7.12 Å². The van der Waals surface area contributed by atoms with Gasteiger partial charge < -0.3 is 14.8 Å². The van der Waals surface area contributed by atoms with E-state index in [1.54, 1.807) is 11.0 Å². The zero-order valence-electron chi connectivity index (χ0n) is 22.2. The molecule has 1 aromatic carbocycles. The number of likely N-dealkylation sites (tertiary alicyclic amines) is 1. The van der Waals surface area contributed by atoms with Crippen LogP contribution < -0.4 is 0 Å². The van der Waals surface area contributed by atoms with Crippen LogP contribution in [-0.4, -0.2) is 46.1 Å². The first kappa shape index (κ1) is 26.2. The van der Waals surface area contributed by atoms with Gasteiger partial charge in [0, 0.05) is 11.6 Å². The summed E-state index contributed by atoms with van der Waals surface area (Å²) in [6, 6.07) is 7.37. The molecule has 0 spiro atoms. The zero-order valence-corrected chi connectivity index (χ0v) is 22.2. The molecule has 0 aromatic heterocycles. The fourth-order valence-electron chi connectivity index (χ4n) is 7.32. The molecule has 3 fully saturated rings. The second-order valence-corrected chi connectivity index (χ2v) is 11.3. The first-order chi connectivity index (χ1) is 17.9. The van der Waals surface area contributed by atoms with Crippen molar-refractivity contribution in [1.29, 1.82) is 0 Å². The number of fused-ring (bicyclic) bond motifs is 3. The Morgan fingerprint density at radius 1 is 1.11 bits per heavy atom. The summed E-state index contributed by atoms with van der Waals surface area (Å²) in [6.45, 7) is 4.23. The number of aromatic hydroxyl groups is 1. The number of para-hydroxylation sites is 1. The van der Waals surface area contributed by atoms with Crippen LogP contribution in [0, 0.1) is 17.8 Å². The topological polar surface area (TPSA) is 87.1 Å². The molecule has 5 rings (SSSR count). The van der Waals surface area contributed by atoms with Crippen LogP contribution in [0.1, 0.15) is 83.6 Å². The monoisotopic (exact) mass is 505 g/mol. The molecule has 1 saturated carbocycles. The minimum absolute atomic E-state index is 0.0129. The lowest BCUT2D eigenvalue weighted by Crippen LogP contribution is -2.46. The molecule has 2 aliphatic carbocycles. The maximum Gasteiger partial charge on any atom is 0.455 e. The summed E-state index contributed by atoms with van der Waals surface area (Å²) in [5, 5.41) is 21.0. The highest BCUT2D eigenvalue weighted by molar-refractivity contribution is 6.43. The van der Waals surface area contributed by atoms with Crippen LogP contribution in [0.3, 0.4) is 0 Å². The van der Waals surface area contributed by atoms with Crippen molar-refractivity contribution in [2.45, 2.75) is 96.5 Å². The number of hydrogen-bond donors (Lipinski definition) is 2. The van der Waals surface area contributed by atoms with Gasteiger partial charge in [0.25, 0.3) is 0 Å². The number of benzene rings is 1. The molecule has 198 valence electrons. The number of amides is 2. The number of nitrogens with zero attached hydrogens (tertiary/aromatic N) is 1. The van der Waals surface area contributed by atoms with Crippen LogP contribution >= 0.6 is 0 Å². The summed E-state index contributed by atoms with van der Waals surface area (Å²) >= 11 is 0. The summed E-state index contributed by atoms with van der Waals surface area (Å²) in [7, 11) is -0.936. The Morgan fingerprint density at radius 3 is 2.57 bits per heavy atom. The van der Waals surface area contributed by atoms with E-state index in [1.807, 2.05) is 24.3 Å². The van der Waals surface area contributed by atoms with Gasteiger partial charge in [-0.3, -0.25) is 14.5 Å². The zero-order chi connectivity index (χ0) is 26.1. The molecule has 2 saturated heterocycles. The Morgan fingerprint density at radius 2 is 1.86 bits per heavy atom. The van der Waals surface area contributed by atoms with Crippen molar-refractivity contribution in [1.82, 2.24) is 4.90 Å². The second kappa shape index (κ2) is 11.2. The molecular weight excluding hydrogens is 465 g/mol. The lowest BCUT2D eigenvalue weighted by atomic mass is 9.58. The van der Waals surface area contributed by atoms with Crippen molar-refractivity contribution >= 4 is 25.0 Å². The van der Waals surface area contributed by atoms with Crippen LogP contribution in [0.5, 0.6) is 5.75 Å². The quantitative estimate of drug-likeness (QED) is 0.290. The SMILES string of the molecule is CCC1=C2[C@@H](CC/C(=C/c3ccccc3O)CC)OB(O)C[C@@H]2[C@@H]2C(=O)N(C3CCCCC3)C(=O)[C@@H]2C1. The third kappa shape index (κ3) is 5.05. The van der Waals surface area contributed by atoms with Crippen LogP contribution in [-0.2, 0) is 14.2 Å². The summed E-state index contributed by atoms with van der Waals surface area (Å²) < 4.78 is 6.12. The highest BCUT2D eigenvalue weighted by Crippen LogP contribution is 2.52. The van der Waals surface area contributed by atoms with Gasteiger partial charge in [-0.05, 0) is 68.8 Å². The first-order valence-electron chi connectivity index (χ1n) is 14.3. The summed E-state index contributed by atoms with van der Waals surface area (Å²) in [4.78, 5) is 29.0. The first-order valence-corrected chi connectivity index (χ1v) is 14.3. The lowest BCUT2D eigenvalue weighted by Gasteiger charge is -2.43. The van der Waals surface area contributed by atoms with Crippen molar-refractivity contribution < 1.29 is 24.4 Å². The van der Waals surface area contributed by atoms with Crippen molar-refractivity contribution in [2.75, 3.05) is 0 Å². The van der Waals surface area contributed by atoms with Gasteiger partial charge in [0.15, 0.2) is 0 Å². The predicted molar refractivity (Wildman–Crippen MR) is 144 cm³/mol. The molecule has 4 atom stereocenters. The molecule has 4 aliphatic rings. The van der Waals surface area contributed by atoms with Gasteiger partial charge in [-0.2, -0.15) is 0 Å². The summed E-state index contributed by atoms with van der Waals surface area (Å²) in [5.74, 6) is -0.539. The molecule has 1 aromatic rings. The van der Waals surface area contributed by atoms with Crippen molar-refractivity contribution in [3.05, 3.63) is 46.5 Å². The third-order valence-corrected chi connectivity index (χ3v) is 9.19. The van der Waals surface area contributed by atoms with E-state index >= 15 is 0 Å². The van der Waals surface area contributed by atoms with Crippen LogP contribution in [0.15, 0.2) is 41.0 Å². The number of allylic oxidation sites excluding steroid dienone is 2. The normalized spacial score (nSPS) is 29.1. The average Bonchev–Trinajstić information content (AvgIpc) is 3.16. The standard InChI is InChI=1S/C30H40BNO5/c1-3-19(16-21-10-8-9-13-25(21)33)14-15-26-27-20(4-2)17-23-28(24(27)18-31(36)37-26)30(35)32(29(23)34)22-11-6-5-7-12-22/h8-10,13,16,22-24,26,28,33,36H,3-7,11-12,14-15,17-18H2,1-2H3/b19-16+/t23-,24+,26-,28-/m1/s1. The number of rotatable bonds is 7. The molecular formula is C30H40BNO5. The predicted octanol–water partition coefficient (Wildman–Crippen LogP) is 5.51. The molecule has 6 nitrogen and oxygen atoms in total. The minimum Gasteiger partial charge on any atom is -0.507 e. The molecule has 2 aliphatic heterocycles. The fourth-order valence-corrected chi connectivity index (χ4v) is 7.32. The maximum atomic E-state index is 13.8. The van der Waals surface area contributed by atoms with Gasteiger partial charge in [0.1, 0.15) is 5.75 Å². The molecule has 2 N–H and O–H groups in total. The number of hydrogen-bond acceptors (Lipinski definition) is 5. The summed E-state index contributed by atoms with van der Waals surface area (Å²) in [6.07, 6.45) is 11.1. The Hall–Kier alpha value is -2.38. The molecule has 0 radical (unpaired) electrons. The van der Waals surface area contributed by atoms with Crippen molar-refractivity contribution in [3.63, 3.8) is 0 Å². The number of carbonyl (C=O) groups excluding carboxylic acids is 2. The highest BCUT2D eigenvalue weighted by atomic mass is 16.5.